The van der Waals surface area contributed by atoms with E-state index >= 15 is 0 Å². The molecule has 0 aliphatic carbocycles. The first kappa shape index (κ1) is 46.1. The lowest BCUT2D eigenvalue weighted by Crippen LogP contribution is -2.36. The Bertz CT molecular complexity index is 1540. The molecule has 3 aromatic rings. The maximum atomic E-state index is 12.0. The molecule has 3 heterocycles. The molecule has 1 fully saturated rings. The van der Waals surface area contributed by atoms with E-state index in [1.165, 1.54) is 17.7 Å². The number of rotatable bonds is 7. The fraction of sp³-hybridized carbons (Fsp3) is 0.529. The van der Waals surface area contributed by atoms with Gasteiger partial charge in [-0.05, 0) is 148 Å². The van der Waals surface area contributed by atoms with Crippen LogP contribution in [0.4, 0.5) is 15.4 Å². The number of imidazole rings is 2. The molecule has 0 radical (unpaired) electrons. The van der Waals surface area contributed by atoms with E-state index < -0.39 is 11.2 Å². The molecule has 4 rings (SSSR count). The second-order valence-electron chi connectivity index (χ2n) is 12.5. The van der Waals surface area contributed by atoms with Crippen LogP contribution in [-0.2, 0) is 27.3 Å². The summed E-state index contributed by atoms with van der Waals surface area (Å²) in [7, 11) is 0. The number of hydrogen-bond acceptors (Lipinski definition) is 9. The van der Waals surface area contributed by atoms with Crippen molar-refractivity contribution < 1.29 is 28.5 Å². The summed E-state index contributed by atoms with van der Waals surface area (Å²) in [6, 6.07) is 8.94. The number of ether oxygens (including phenoxy) is 4. The van der Waals surface area contributed by atoms with E-state index in [1.807, 2.05) is 96.2 Å². The number of hydrogen-bond donors (Lipinski definition) is 2. The van der Waals surface area contributed by atoms with Crippen LogP contribution in [0, 0.1) is 29.2 Å². The zero-order valence-electron chi connectivity index (χ0n) is 30.3. The molecule has 1 aromatic carbocycles. The van der Waals surface area contributed by atoms with Gasteiger partial charge >= 0.3 is 12.2 Å². The first-order valence-electron chi connectivity index (χ1n) is 16.1. The number of nitrogens with zero attached hydrogens (tertiary/aromatic N) is 6. The normalized spacial score (nSPS) is 11.9. The Morgan fingerprint density at radius 1 is 0.882 bits per heavy atom. The number of nitriles is 1. The number of H-pyrrole nitrogens is 2. The Morgan fingerprint density at radius 2 is 1.35 bits per heavy atom. The third kappa shape index (κ3) is 20.1. The van der Waals surface area contributed by atoms with Crippen molar-refractivity contribution in [2.45, 2.75) is 92.5 Å². The largest absolute Gasteiger partial charge is 0.444 e. The minimum atomic E-state index is -0.524. The molecule has 2 N–H and O–H groups in total. The monoisotopic (exact) mass is 1040 g/mol. The fourth-order valence-corrected chi connectivity index (χ4v) is 5.07. The average molecular weight is 1040 g/mol. The van der Waals surface area contributed by atoms with Gasteiger partial charge in [0.05, 0.1) is 6.54 Å². The number of amides is 2. The smallest absolute Gasteiger partial charge is 0.410 e. The second kappa shape index (κ2) is 23.6. The average Bonchev–Trinajstić information content (AvgIpc) is 3.81. The van der Waals surface area contributed by atoms with Crippen LogP contribution in [0.5, 0.6) is 5.75 Å². The van der Waals surface area contributed by atoms with Gasteiger partial charge in [0, 0.05) is 26.3 Å². The molecule has 51 heavy (non-hydrogen) atoms. The number of benzene rings is 1. The zero-order valence-corrected chi connectivity index (χ0v) is 36.8. The summed E-state index contributed by atoms with van der Waals surface area (Å²) in [4.78, 5) is 45.0. The van der Waals surface area contributed by atoms with Gasteiger partial charge in [-0.2, -0.15) is 0 Å². The molecule has 0 saturated carbocycles. The van der Waals surface area contributed by atoms with Gasteiger partial charge in [-0.25, -0.2) is 19.6 Å². The lowest BCUT2D eigenvalue weighted by Gasteiger charge is -2.25. The van der Waals surface area contributed by atoms with Crippen molar-refractivity contribution in [2.75, 3.05) is 26.3 Å². The highest BCUT2D eigenvalue weighted by atomic mass is 127. The zero-order chi connectivity index (χ0) is 38.6. The Kier molecular flexibility index (Phi) is 21.4. The molecule has 17 heteroatoms. The minimum absolute atomic E-state index is 0.303. The molecule has 280 valence electrons. The number of carbonyl (C=O) groups is 2. The first-order valence-corrected chi connectivity index (χ1v) is 19.3. The van der Waals surface area contributed by atoms with Gasteiger partial charge in [0.2, 0.25) is 0 Å². The molecule has 1 aliphatic rings. The van der Waals surface area contributed by atoms with Crippen molar-refractivity contribution in [2.24, 2.45) is 0 Å². The lowest BCUT2D eigenvalue weighted by atomic mass is 10.2. The summed E-state index contributed by atoms with van der Waals surface area (Å²) in [6.45, 7) is 25.6. The van der Waals surface area contributed by atoms with Crippen molar-refractivity contribution >= 4 is 85.8 Å². The van der Waals surface area contributed by atoms with Crippen LogP contribution in [0.1, 0.15) is 79.9 Å². The van der Waals surface area contributed by atoms with E-state index in [-0.39, 0.29) is 12.2 Å². The van der Waals surface area contributed by atoms with Gasteiger partial charge in [0.25, 0.3) is 12.1 Å². The van der Waals surface area contributed by atoms with Gasteiger partial charge in [-0.15, -0.1) is 5.26 Å². The SMILES string of the molecule is C1CCOC1.CCN(Cc1nc(I)c(I)[nH]1)C(=O)OC(C)(C)C.N#COc1ccccc1.[C-]#[N+]c1[nH]c(CN(CC)C(=O)OC(C)(C)C)nc1I. The van der Waals surface area contributed by atoms with E-state index in [0.717, 1.165) is 26.4 Å². The molecule has 14 nitrogen and oxygen atoms in total. The van der Waals surface area contributed by atoms with Crippen molar-refractivity contribution in [3.63, 3.8) is 0 Å². The van der Waals surface area contributed by atoms with E-state index in [1.54, 1.807) is 23.3 Å². The molecule has 2 amide bonds. The summed E-state index contributed by atoms with van der Waals surface area (Å²) in [5, 5.41) is 8.05. The fourth-order valence-electron chi connectivity index (χ4n) is 3.66. The molecule has 1 aliphatic heterocycles. The van der Waals surface area contributed by atoms with Crippen LogP contribution in [0.25, 0.3) is 4.85 Å². The highest BCUT2D eigenvalue weighted by molar-refractivity contribution is 14.1. The summed E-state index contributed by atoms with van der Waals surface area (Å²) >= 11 is 6.33. The van der Waals surface area contributed by atoms with Gasteiger partial charge in [-0.1, -0.05) is 24.8 Å². The van der Waals surface area contributed by atoms with Crippen LogP contribution in [0.3, 0.4) is 0 Å². The van der Waals surface area contributed by atoms with Crippen LogP contribution in [0.15, 0.2) is 30.3 Å². The van der Waals surface area contributed by atoms with Crippen molar-refractivity contribution in [3.8, 4) is 12.0 Å². The summed E-state index contributed by atoms with van der Waals surface area (Å²) in [5.41, 5.74) is -1.000. The third-order valence-electron chi connectivity index (χ3n) is 5.95. The van der Waals surface area contributed by atoms with Crippen LogP contribution in [0.2, 0.25) is 0 Å². The predicted octanol–water partition coefficient (Wildman–Crippen LogP) is 9.04. The van der Waals surface area contributed by atoms with Crippen LogP contribution < -0.4 is 4.74 Å². The summed E-state index contributed by atoms with van der Waals surface area (Å²) in [5.74, 6) is 2.34. The van der Waals surface area contributed by atoms with Crippen molar-refractivity contribution in [1.82, 2.24) is 29.7 Å². The number of halogens is 3. The minimum Gasteiger partial charge on any atom is -0.444 e. The maximum absolute atomic E-state index is 12.0. The molecule has 0 spiro atoms. The van der Waals surface area contributed by atoms with E-state index in [4.69, 9.17) is 26.0 Å². The standard InChI is InChI=1S/C12H17IN4O2.C11H17I2N3O2.C7H5NO.C4H8O/c1-6-17(11(18)19-12(2,3)4)7-8-15-9(13)10(14-5)16-8;1-5-16(10(17)18-11(2,3)4)6-7-14-8(12)9(13)15-7;8-6-9-7-4-2-1-3-5-7;1-2-4-5-3-1/h6-7H2,1-4H3,(H,15,16);5-6H2,1-4H3,(H,14,15);1-5H;1-4H2. The molecular weight excluding hydrogens is 997 g/mol. The topological polar surface area (TPSA) is 163 Å². The molecule has 0 atom stereocenters. The maximum Gasteiger partial charge on any atom is 0.410 e. The number of aromatic amines is 2. The highest BCUT2D eigenvalue weighted by Crippen LogP contribution is 2.20. The van der Waals surface area contributed by atoms with Gasteiger partial charge in [0.1, 0.15) is 40.4 Å². The number of para-hydroxylation sites is 1. The molecule has 0 bridgehead atoms. The van der Waals surface area contributed by atoms with E-state index in [9.17, 15) is 9.59 Å². The molecular formula is C34H47I3N8O6. The van der Waals surface area contributed by atoms with Gasteiger partial charge in [-0.3, -0.25) is 9.88 Å². The summed E-state index contributed by atoms with van der Waals surface area (Å²) in [6.07, 6.45) is 3.44. The van der Waals surface area contributed by atoms with Crippen LogP contribution >= 0.6 is 67.8 Å². The number of aromatic nitrogens is 4. The Hall–Kier alpha value is -2.89. The Balaban J connectivity index is 0.000000373. The molecule has 0 unspecified atom stereocenters. The van der Waals surface area contributed by atoms with Crippen molar-refractivity contribution in [1.29, 1.82) is 5.26 Å². The van der Waals surface area contributed by atoms with Crippen molar-refractivity contribution in [3.05, 3.63) is 64.5 Å². The van der Waals surface area contributed by atoms with E-state index in [0.29, 0.717) is 47.3 Å². The Morgan fingerprint density at radius 3 is 1.69 bits per heavy atom. The third-order valence-corrected chi connectivity index (χ3v) is 9.30. The molecule has 2 aromatic heterocycles. The quantitative estimate of drug-likeness (QED) is 0.134. The second-order valence-corrected chi connectivity index (χ2v) is 15.7. The first-order chi connectivity index (χ1) is 23.9. The van der Waals surface area contributed by atoms with E-state index in [2.05, 4.69) is 74.7 Å². The summed E-state index contributed by atoms with van der Waals surface area (Å²) < 4.78 is 22.6. The Labute approximate surface area is 342 Å². The number of carbonyl (C=O) groups excluding carboxylic acids is 2. The van der Waals surface area contributed by atoms with Gasteiger partial charge in [0.15, 0.2) is 5.82 Å². The lowest BCUT2D eigenvalue weighted by molar-refractivity contribution is 0.0230. The predicted molar refractivity (Wildman–Crippen MR) is 219 cm³/mol. The number of nitrogens with one attached hydrogen (secondary N) is 2. The van der Waals surface area contributed by atoms with Crippen LogP contribution in [-0.4, -0.2) is 79.4 Å². The van der Waals surface area contributed by atoms with Gasteiger partial charge < -0.3 is 33.7 Å². The highest BCUT2D eigenvalue weighted by Gasteiger charge is 2.24. The molecule has 1 saturated heterocycles.